The number of carbonyl (C=O) groups excluding carboxylic acids is 1. The molecule has 0 spiro atoms. The van der Waals surface area contributed by atoms with Crippen molar-refractivity contribution in [2.24, 2.45) is 0 Å². The van der Waals surface area contributed by atoms with Crippen molar-refractivity contribution in [2.45, 2.75) is 20.1 Å². The number of hydrogen-bond donors (Lipinski definition) is 1. The molecule has 40 heavy (non-hydrogen) atoms. The summed E-state index contributed by atoms with van der Waals surface area (Å²) >= 11 is 4.44. The maximum absolute atomic E-state index is 12.9. The van der Waals surface area contributed by atoms with E-state index in [0.29, 0.717) is 48.3 Å². The molecule has 0 heterocycles. The minimum Gasteiger partial charge on any atom is -0.490 e. The number of anilines is 1. The van der Waals surface area contributed by atoms with Crippen molar-refractivity contribution >= 4 is 62.9 Å². The van der Waals surface area contributed by atoms with Gasteiger partial charge in [-0.15, -0.1) is 0 Å². The van der Waals surface area contributed by atoms with Gasteiger partial charge in [-0.1, -0.05) is 42.5 Å². The summed E-state index contributed by atoms with van der Waals surface area (Å²) < 4.78 is 19.7. The first kappa shape index (κ1) is 29.4. The molecule has 0 aliphatic rings. The maximum atomic E-state index is 12.9. The molecule has 1 amide bonds. The molecule has 202 valence electrons. The Morgan fingerprint density at radius 2 is 1.55 bits per heavy atom. The van der Waals surface area contributed by atoms with Gasteiger partial charge in [0.25, 0.3) is 5.91 Å². The van der Waals surface area contributed by atoms with E-state index in [1.165, 1.54) is 0 Å². The number of nitriles is 1. The van der Waals surface area contributed by atoms with E-state index in [0.717, 1.165) is 18.3 Å². The second kappa shape index (κ2) is 14.7. The van der Waals surface area contributed by atoms with Gasteiger partial charge >= 0.3 is 0 Å². The van der Waals surface area contributed by atoms with Crippen LogP contribution in [0, 0.1) is 18.5 Å². The molecule has 0 aliphatic heterocycles. The number of halogens is 2. The van der Waals surface area contributed by atoms with Crippen LogP contribution in [-0.2, 0) is 18.0 Å². The van der Waals surface area contributed by atoms with Gasteiger partial charge in [0.2, 0.25) is 0 Å². The van der Waals surface area contributed by atoms with Crippen molar-refractivity contribution in [1.29, 1.82) is 5.26 Å². The predicted octanol–water partition coefficient (Wildman–Crippen LogP) is 8.00. The van der Waals surface area contributed by atoms with Crippen LogP contribution in [0.5, 0.6) is 17.2 Å². The lowest BCUT2D eigenvalue weighted by Crippen LogP contribution is -2.13. The average Bonchev–Trinajstić information content (AvgIpc) is 2.96. The average molecular weight is 756 g/mol. The van der Waals surface area contributed by atoms with Gasteiger partial charge in [0.1, 0.15) is 30.6 Å². The zero-order chi connectivity index (χ0) is 28.3. The minimum atomic E-state index is -0.507. The fourth-order valence-corrected chi connectivity index (χ4v) is 4.84. The van der Waals surface area contributed by atoms with Gasteiger partial charge in [-0.25, -0.2) is 0 Å². The molecule has 0 aromatic heterocycles. The summed E-state index contributed by atoms with van der Waals surface area (Å²) in [5.74, 6) is 1.35. The van der Waals surface area contributed by atoms with Gasteiger partial charge in [0.05, 0.1) is 10.2 Å². The Bertz CT molecular complexity index is 1510. The molecular weight excluding hydrogens is 730 g/mol. The Labute approximate surface area is 261 Å². The smallest absolute Gasteiger partial charge is 0.266 e. The van der Waals surface area contributed by atoms with E-state index in [2.05, 4.69) is 50.5 Å². The van der Waals surface area contributed by atoms with Gasteiger partial charge in [0.15, 0.2) is 11.5 Å². The van der Waals surface area contributed by atoms with E-state index in [1.54, 1.807) is 36.4 Å². The predicted molar refractivity (Wildman–Crippen MR) is 173 cm³/mol. The second-order valence-corrected chi connectivity index (χ2v) is 11.0. The van der Waals surface area contributed by atoms with Crippen LogP contribution < -0.4 is 19.5 Å². The highest BCUT2D eigenvalue weighted by molar-refractivity contribution is 14.1. The number of amides is 1. The van der Waals surface area contributed by atoms with E-state index < -0.39 is 5.91 Å². The molecule has 4 aromatic rings. The van der Waals surface area contributed by atoms with Gasteiger partial charge in [-0.2, -0.15) is 5.26 Å². The van der Waals surface area contributed by atoms with Crippen LogP contribution in [0.1, 0.15) is 23.6 Å². The number of nitrogens with one attached hydrogen (secondary N) is 1. The summed E-state index contributed by atoms with van der Waals surface area (Å²) in [6.07, 6.45) is 1.54. The fourth-order valence-electron chi connectivity index (χ4n) is 3.70. The molecule has 1 N–H and O–H groups in total. The van der Waals surface area contributed by atoms with Crippen molar-refractivity contribution in [2.75, 3.05) is 11.9 Å². The Morgan fingerprint density at radius 1 is 0.875 bits per heavy atom. The molecule has 6 nitrogen and oxygen atoms in total. The van der Waals surface area contributed by atoms with Gasteiger partial charge in [0, 0.05) is 9.26 Å². The summed E-state index contributed by atoms with van der Waals surface area (Å²) in [6, 6.07) is 30.7. The molecule has 0 saturated carbocycles. The lowest BCUT2D eigenvalue weighted by atomic mass is 10.1. The third-order valence-corrected chi connectivity index (χ3v) is 7.19. The normalized spacial score (nSPS) is 10.9. The van der Waals surface area contributed by atoms with E-state index in [1.807, 2.05) is 73.7 Å². The highest BCUT2D eigenvalue weighted by Crippen LogP contribution is 2.35. The maximum Gasteiger partial charge on any atom is 0.266 e. The minimum absolute atomic E-state index is 0.0322. The largest absolute Gasteiger partial charge is 0.490 e. The van der Waals surface area contributed by atoms with Crippen molar-refractivity contribution in [3.05, 3.63) is 120 Å². The summed E-state index contributed by atoms with van der Waals surface area (Å²) in [5.41, 5.74) is 3.29. The van der Waals surface area contributed by atoms with Crippen LogP contribution in [0.3, 0.4) is 0 Å². The number of rotatable bonds is 11. The van der Waals surface area contributed by atoms with Crippen LogP contribution in [0.2, 0.25) is 0 Å². The summed E-state index contributed by atoms with van der Waals surface area (Å²) in [6.45, 7) is 3.18. The Hall–Kier alpha value is -3.56. The topological polar surface area (TPSA) is 80.6 Å². The van der Waals surface area contributed by atoms with E-state index in [-0.39, 0.29) is 5.57 Å². The Kier molecular flexibility index (Phi) is 10.8. The zero-order valence-electron chi connectivity index (χ0n) is 21.7. The summed E-state index contributed by atoms with van der Waals surface area (Å²) in [7, 11) is 0. The van der Waals surface area contributed by atoms with Crippen LogP contribution in [0.25, 0.3) is 6.08 Å². The number of ether oxygens (including phenoxy) is 3. The molecule has 0 unspecified atom stereocenters. The second-order valence-electron chi connectivity index (χ2n) is 8.60. The molecule has 0 atom stereocenters. The number of carbonyl (C=O) groups is 1. The summed E-state index contributed by atoms with van der Waals surface area (Å²) in [5, 5.41) is 12.5. The molecule has 4 rings (SSSR count). The number of hydrogen-bond acceptors (Lipinski definition) is 5. The molecule has 4 aromatic carbocycles. The van der Waals surface area contributed by atoms with Gasteiger partial charge in [-0.3, -0.25) is 4.79 Å². The summed E-state index contributed by atoms with van der Waals surface area (Å²) in [4.78, 5) is 12.9. The zero-order valence-corrected chi connectivity index (χ0v) is 26.0. The third kappa shape index (κ3) is 8.47. The molecule has 0 saturated heterocycles. The third-order valence-electron chi connectivity index (χ3n) is 5.66. The Morgan fingerprint density at radius 3 is 2.23 bits per heavy atom. The van der Waals surface area contributed by atoms with E-state index >= 15 is 0 Å². The van der Waals surface area contributed by atoms with Crippen LogP contribution in [0.15, 0.2) is 96.6 Å². The van der Waals surface area contributed by atoms with Crippen molar-refractivity contribution in [3.8, 4) is 23.3 Å². The van der Waals surface area contributed by atoms with Gasteiger partial charge in [-0.05, 0) is 123 Å². The lowest BCUT2D eigenvalue weighted by molar-refractivity contribution is -0.112. The van der Waals surface area contributed by atoms with Crippen LogP contribution >= 0.6 is 45.2 Å². The molecule has 8 heteroatoms. The van der Waals surface area contributed by atoms with Gasteiger partial charge < -0.3 is 19.5 Å². The fraction of sp³-hybridized carbons (Fsp3) is 0.125. The van der Waals surface area contributed by atoms with E-state index in [9.17, 15) is 10.1 Å². The monoisotopic (exact) mass is 756 g/mol. The van der Waals surface area contributed by atoms with Crippen LogP contribution in [0.4, 0.5) is 5.69 Å². The first-order valence-electron chi connectivity index (χ1n) is 12.5. The van der Waals surface area contributed by atoms with Crippen molar-refractivity contribution in [1.82, 2.24) is 0 Å². The first-order chi connectivity index (χ1) is 19.4. The van der Waals surface area contributed by atoms with Crippen molar-refractivity contribution in [3.63, 3.8) is 0 Å². The van der Waals surface area contributed by atoms with Crippen LogP contribution in [-0.4, -0.2) is 12.5 Å². The lowest BCUT2D eigenvalue weighted by Gasteiger charge is -2.15. The Balaban J connectivity index is 1.44. The molecule has 0 bridgehead atoms. The first-order valence-corrected chi connectivity index (χ1v) is 14.6. The van der Waals surface area contributed by atoms with E-state index in [4.69, 9.17) is 14.2 Å². The SMILES string of the molecule is CCOc1cc(/C=C(\C#N)C(=O)Nc2ccc(OCc3ccccc3)cc2)cc(I)c1OCc1ccc(I)cc1. The molecule has 0 fully saturated rings. The number of nitrogens with zero attached hydrogens (tertiary/aromatic N) is 1. The highest BCUT2D eigenvalue weighted by Gasteiger charge is 2.15. The molecular formula is C32H26I2N2O4. The quantitative estimate of drug-likeness (QED) is 0.0954. The number of benzene rings is 4. The molecule has 0 radical (unpaired) electrons. The highest BCUT2D eigenvalue weighted by atomic mass is 127. The standard InChI is InChI=1S/C32H26I2N2O4/c1-2-38-30-18-24(17-29(34)31(30)40-21-23-8-10-26(33)11-9-23)16-25(19-35)32(37)36-27-12-14-28(15-13-27)39-20-22-6-4-3-5-7-22/h3-18H,2,20-21H2,1H3,(H,36,37)/b25-16+. The molecule has 0 aliphatic carbocycles. The van der Waals surface area contributed by atoms with Crippen molar-refractivity contribution < 1.29 is 19.0 Å².